The first-order valence-corrected chi connectivity index (χ1v) is 4.15. The van der Waals surface area contributed by atoms with E-state index in [1.54, 1.807) is 19.1 Å². The number of aliphatic hydroxyl groups is 1. The van der Waals surface area contributed by atoms with Crippen molar-refractivity contribution in [1.82, 2.24) is 0 Å². The number of rotatable bonds is 2. The number of hydrogen-bond acceptors (Lipinski definition) is 2. The molecular weight excluding hydrogens is 174 g/mol. The van der Waals surface area contributed by atoms with Crippen LogP contribution in [0, 0.1) is 0 Å². The van der Waals surface area contributed by atoms with Crippen molar-refractivity contribution in [2.45, 2.75) is 18.0 Å². The molecule has 66 valence electrons. The number of hydrogen-bond donors (Lipinski definition) is 2. The smallest absolute Gasteiger partial charge is 0.179 e. The van der Waals surface area contributed by atoms with Crippen LogP contribution in [0.3, 0.4) is 0 Å². The Labute approximate surface area is 77.0 Å². The average molecular weight is 186 g/mol. The van der Waals surface area contributed by atoms with Gasteiger partial charge in [-0.1, -0.05) is 41.9 Å². The fraction of sp³-hybridized carbons (Fsp3) is 0.333. The first kappa shape index (κ1) is 9.52. The SMILES string of the molecule is CC(N)C(O)(Cl)c1ccccc1. The highest BCUT2D eigenvalue weighted by atomic mass is 35.5. The van der Waals surface area contributed by atoms with Crippen LogP contribution in [0.4, 0.5) is 0 Å². The molecule has 0 aliphatic rings. The largest absolute Gasteiger partial charge is 0.370 e. The summed E-state index contributed by atoms with van der Waals surface area (Å²) in [5, 5.41) is 8.25. The maximum absolute atomic E-state index is 9.70. The summed E-state index contributed by atoms with van der Waals surface area (Å²) in [6.07, 6.45) is 0. The zero-order chi connectivity index (χ0) is 9.19. The van der Waals surface area contributed by atoms with Crippen molar-refractivity contribution in [2.24, 2.45) is 5.73 Å². The molecule has 0 aliphatic heterocycles. The molecule has 0 saturated carbocycles. The molecule has 1 aromatic carbocycles. The van der Waals surface area contributed by atoms with Crippen LogP contribution in [0.25, 0.3) is 0 Å². The van der Waals surface area contributed by atoms with E-state index in [0.717, 1.165) is 0 Å². The van der Waals surface area contributed by atoms with Crippen LogP contribution in [-0.4, -0.2) is 11.1 Å². The Kier molecular flexibility index (Phi) is 2.73. The van der Waals surface area contributed by atoms with Gasteiger partial charge in [-0.2, -0.15) is 0 Å². The van der Waals surface area contributed by atoms with Gasteiger partial charge in [0, 0.05) is 11.6 Å². The van der Waals surface area contributed by atoms with E-state index in [0.29, 0.717) is 5.56 Å². The average Bonchev–Trinajstić information content (AvgIpc) is 2.06. The first-order chi connectivity index (χ1) is 5.55. The lowest BCUT2D eigenvalue weighted by molar-refractivity contribution is 0.104. The summed E-state index contributed by atoms with van der Waals surface area (Å²) in [6.45, 7) is 1.67. The van der Waals surface area contributed by atoms with Crippen LogP contribution in [0.15, 0.2) is 30.3 Å². The third-order valence-corrected chi connectivity index (χ3v) is 2.34. The second kappa shape index (κ2) is 3.44. The molecule has 2 nitrogen and oxygen atoms in total. The van der Waals surface area contributed by atoms with Crippen LogP contribution >= 0.6 is 11.6 Å². The van der Waals surface area contributed by atoms with E-state index in [9.17, 15) is 5.11 Å². The summed E-state index contributed by atoms with van der Waals surface area (Å²) in [5.41, 5.74) is 6.15. The minimum atomic E-state index is -1.46. The third kappa shape index (κ3) is 1.78. The molecule has 1 rings (SSSR count). The van der Waals surface area contributed by atoms with Crippen molar-refractivity contribution in [2.75, 3.05) is 0 Å². The molecule has 0 aromatic heterocycles. The summed E-state index contributed by atoms with van der Waals surface area (Å²) in [4.78, 5) is 0. The van der Waals surface area contributed by atoms with Crippen molar-refractivity contribution >= 4 is 11.6 Å². The quantitative estimate of drug-likeness (QED) is 0.685. The highest BCUT2D eigenvalue weighted by molar-refractivity contribution is 6.23. The predicted molar refractivity (Wildman–Crippen MR) is 49.8 cm³/mol. The number of benzene rings is 1. The minimum Gasteiger partial charge on any atom is -0.370 e. The van der Waals surface area contributed by atoms with Gasteiger partial charge in [-0.25, -0.2) is 0 Å². The van der Waals surface area contributed by atoms with Crippen LogP contribution < -0.4 is 5.73 Å². The summed E-state index contributed by atoms with van der Waals surface area (Å²) in [6, 6.07) is 8.47. The zero-order valence-corrected chi connectivity index (χ0v) is 7.62. The fourth-order valence-electron chi connectivity index (χ4n) is 0.935. The Morgan fingerprint density at radius 3 is 2.33 bits per heavy atom. The van der Waals surface area contributed by atoms with Crippen LogP contribution in [0.1, 0.15) is 12.5 Å². The van der Waals surface area contributed by atoms with Crippen LogP contribution in [0.5, 0.6) is 0 Å². The Bertz CT molecular complexity index is 246. The molecule has 3 N–H and O–H groups in total. The van der Waals surface area contributed by atoms with Crippen molar-refractivity contribution in [3.8, 4) is 0 Å². The van der Waals surface area contributed by atoms with E-state index >= 15 is 0 Å². The monoisotopic (exact) mass is 185 g/mol. The van der Waals surface area contributed by atoms with Gasteiger partial charge in [-0.15, -0.1) is 0 Å². The molecule has 12 heavy (non-hydrogen) atoms. The van der Waals surface area contributed by atoms with Crippen molar-refractivity contribution < 1.29 is 5.11 Å². The van der Waals surface area contributed by atoms with Crippen LogP contribution in [-0.2, 0) is 5.06 Å². The van der Waals surface area contributed by atoms with Gasteiger partial charge < -0.3 is 10.8 Å². The number of alkyl halides is 1. The Hall–Kier alpha value is -0.570. The van der Waals surface area contributed by atoms with Gasteiger partial charge in [0.25, 0.3) is 0 Å². The molecule has 1 aromatic rings. The topological polar surface area (TPSA) is 46.2 Å². The molecule has 3 heteroatoms. The summed E-state index contributed by atoms with van der Waals surface area (Å²) < 4.78 is 0. The lowest BCUT2D eigenvalue weighted by Gasteiger charge is -2.24. The molecule has 0 fully saturated rings. The van der Waals surface area contributed by atoms with E-state index in [1.165, 1.54) is 0 Å². The summed E-state index contributed by atoms with van der Waals surface area (Å²) in [5.74, 6) is 0. The van der Waals surface area contributed by atoms with Crippen molar-refractivity contribution in [1.29, 1.82) is 0 Å². The van der Waals surface area contributed by atoms with Crippen molar-refractivity contribution in [3.63, 3.8) is 0 Å². The zero-order valence-electron chi connectivity index (χ0n) is 6.87. The van der Waals surface area contributed by atoms with Gasteiger partial charge in [0.15, 0.2) is 5.06 Å². The number of halogens is 1. The first-order valence-electron chi connectivity index (χ1n) is 3.77. The van der Waals surface area contributed by atoms with Gasteiger partial charge in [-0.05, 0) is 6.92 Å². The van der Waals surface area contributed by atoms with Gasteiger partial charge in [0.05, 0.1) is 0 Å². The Balaban J connectivity index is 2.98. The van der Waals surface area contributed by atoms with Crippen LogP contribution in [0.2, 0.25) is 0 Å². The van der Waals surface area contributed by atoms with E-state index < -0.39 is 11.1 Å². The molecule has 0 radical (unpaired) electrons. The summed E-state index contributed by atoms with van der Waals surface area (Å²) >= 11 is 5.83. The normalized spacial score (nSPS) is 18.3. The molecule has 2 atom stereocenters. The van der Waals surface area contributed by atoms with E-state index in [1.807, 2.05) is 18.2 Å². The van der Waals surface area contributed by atoms with Crippen molar-refractivity contribution in [3.05, 3.63) is 35.9 Å². The van der Waals surface area contributed by atoms with Gasteiger partial charge in [0.2, 0.25) is 0 Å². The Morgan fingerprint density at radius 1 is 1.42 bits per heavy atom. The Morgan fingerprint density at radius 2 is 1.92 bits per heavy atom. The van der Waals surface area contributed by atoms with E-state index in [-0.39, 0.29) is 0 Å². The maximum Gasteiger partial charge on any atom is 0.179 e. The highest BCUT2D eigenvalue weighted by Crippen LogP contribution is 2.27. The second-order valence-corrected chi connectivity index (χ2v) is 3.40. The maximum atomic E-state index is 9.70. The van der Waals surface area contributed by atoms with Gasteiger partial charge >= 0.3 is 0 Å². The molecule has 0 heterocycles. The van der Waals surface area contributed by atoms with Gasteiger partial charge in [0.1, 0.15) is 0 Å². The minimum absolute atomic E-state index is 0.499. The molecule has 0 aliphatic carbocycles. The predicted octanol–water partition coefficient (Wildman–Crippen LogP) is 1.42. The lowest BCUT2D eigenvalue weighted by atomic mass is 10.0. The third-order valence-electron chi connectivity index (χ3n) is 1.78. The molecule has 0 spiro atoms. The molecular formula is C9H12ClNO. The van der Waals surface area contributed by atoms with Gasteiger partial charge in [-0.3, -0.25) is 0 Å². The van der Waals surface area contributed by atoms with E-state index in [4.69, 9.17) is 17.3 Å². The second-order valence-electron chi connectivity index (χ2n) is 2.83. The lowest BCUT2D eigenvalue weighted by Crippen LogP contribution is -2.38. The molecule has 0 saturated heterocycles. The standard InChI is InChI=1S/C9H12ClNO/c1-7(11)9(10,12)8-5-3-2-4-6-8/h2-7,12H,11H2,1H3. The fourth-order valence-corrected chi connectivity index (χ4v) is 1.06. The number of nitrogens with two attached hydrogens (primary N) is 1. The van der Waals surface area contributed by atoms with E-state index in [2.05, 4.69) is 0 Å². The molecule has 2 unspecified atom stereocenters. The molecule has 0 bridgehead atoms. The summed E-state index contributed by atoms with van der Waals surface area (Å²) in [7, 11) is 0. The highest BCUT2D eigenvalue weighted by Gasteiger charge is 2.30. The molecule has 0 amide bonds.